The summed E-state index contributed by atoms with van der Waals surface area (Å²) in [6.07, 6.45) is 0.551. The first-order chi connectivity index (χ1) is 12.4. The van der Waals surface area contributed by atoms with Crippen LogP contribution in [-0.2, 0) is 13.0 Å². The zero-order chi connectivity index (χ0) is 18.7. The van der Waals surface area contributed by atoms with Gasteiger partial charge in [0.25, 0.3) is 5.89 Å². The van der Waals surface area contributed by atoms with Crippen molar-refractivity contribution in [1.29, 1.82) is 0 Å². The molecule has 0 saturated heterocycles. The normalized spacial score (nSPS) is 10.7. The Morgan fingerprint density at radius 1 is 1.35 bits per heavy atom. The van der Waals surface area contributed by atoms with Crippen LogP contribution in [0.2, 0.25) is 5.02 Å². The number of halogens is 2. The maximum atomic E-state index is 11.4. The summed E-state index contributed by atoms with van der Waals surface area (Å²) >= 11 is 8.29. The molecular weight excluding hydrogens is 471 g/mol. The second-order valence-corrected chi connectivity index (χ2v) is 7.15. The Labute approximate surface area is 168 Å². The minimum atomic E-state index is -0.304. The van der Waals surface area contributed by atoms with Crippen molar-refractivity contribution in [3.8, 4) is 11.5 Å². The Balaban J connectivity index is 1.67. The van der Waals surface area contributed by atoms with Gasteiger partial charge in [-0.25, -0.2) is 0 Å². The molecule has 0 aliphatic rings. The van der Waals surface area contributed by atoms with E-state index >= 15 is 0 Å². The predicted molar refractivity (Wildman–Crippen MR) is 104 cm³/mol. The van der Waals surface area contributed by atoms with Crippen molar-refractivity contribution in [2.24, 2.45) is 0 Å². The second kappa shape index (κ2) is 8.05. The van der Waals surface area contributed by atoms with E-state index in [9.17, 15) is 9.90 Å². The molecule has 0 spiro atoms. The molecule has 1 N–H and O–H groups in total. The van der Waals surface area contributed by atoms with Crippen LogP contribution in [0, 0.1) is 3.57 Å². The van der Waals surface area contributed by atoms with Gasteiger partial charge in [-0.1, -0.05) is 28.9 Å². The van der Waals surface area contributed by atoms with E-state index in [1.165, 1.54) is 19.1 Å². The second-order valence-electron chi connectivity index (χ2n) is 5.53. The van der Waals surface area contributed by atoms with Gasteiger partial charge < -0.3 is 14.4 Å². The van der Waals surface area contributed by atoms with E-state index in [1.807, 2.05) is 24.3 Å². The lowest BCUT2D eigenvalue weighted by Crippen LogP contribution is -1.99. The third-order valence-electron chi connectivity index (χ3n) is 3.57. The lowest BCUT2D eigenvalue weighted by molar-refractivity contribution is 0.101. The smallest absolute Gasteiger partial charge is 0.264 e. The average Bonchev–Trinajstić information content (AvgIpc) is 3.03. The first kappa shape index (κ1) is 18.7. The van der Waals surface area contributed by atoms with Gasteiger partial charge in [0.15, 0.2) is 18.2 Å². The summed E-state index contributed by atoms with van der Waals surface area (Å²) in [7, 11) is 0. The Morgan fingerprint density at radius 3 is 2.88 bits per heavy atom. The molecule has 3 rings (SSSR count). The largest absolute Gasteiger partial charge is 0.505 e. The Bertz CT molecular complexity index is 958. The maximum Gasteiger partial charge on any atom is 0.264 e. The first-order valence-electron chi connectivity index (χ1n) is 7.65. The van der Waals surface area contributed by atoms with Gasteiger partial charge in [-0.2, -0.15) is 4.98 Å². The van der Waals surface area contributed by atoms with Crippen LogP contribution < -0.4 is 4.74 Å². The fourth-order valence-corrected chi connectivity index (χ4v) is 3.16. The lowest BCUT2D eigenvalue weighted by atomic mass is 10.1. The highest BCUT2D eigenvalue weighted by Crippen LogP contribution is 2.36. The Hall–Kier alpha value is -2.13. The van der Waals surface area contributed by atoms with Crippen LogP contribution in [-0.4, -0.2) is 21.0 Å². The SMILES string of the molecule is CC(=O)c1ccc(OCc2nc(Cc3cccc(I)c3)no2)c(Cl)c1O. The number of rotatable bonds is 6. The third kappa shape index (κ3) is 4.34. The number of carbonyl (C=O) groups excluding carboxylic acids is 1. The number of carbonyl (C=O) groups is 1. The van der Waals surface area contributed by atoms with Crippen molar-refractivity contribution < 1.29 is 19.2 Å². The van der Waals surface area contributed by atoms with E-state index in [-0.39, 0.29) is 40.4 Å². The number of phenols is 1. The number of ether oxygens (including phenoxy) is 1. The molecule has 0 bridgehead atoms. The number of aromatic nitrogens is 2. The minimum absolute atomic E-state index is 0.00208. The van der Waals surface area contributed by atoms with Crippen LogP contribution in [0.1, 0.15) is 34.6 Å². The number of Topliss-reactive ketones (excluding diaryl/α,β-unsaturated/α-hetero) is 1. The molecule has 0 unspecified atom stereocenters. The maximum absolute atomic E-state index is 11.4. The number of ketones is 1. The molecule has 0 atom stereocenters. The molecule has 6 nitrogen and oxygen atoms in total. The molecule has 3 aromatic rings. The number of nitrogens with zero attached hydrogens (tertiary/aromatic N) is 2. The van der Waals surface area contributed by atoms with E-state index in [1.54, 1.807) is 0 Å². The molecule has 2 aromatic carbocycles. The Kier molecular flexibility index (Phi) is 5.77. The molecule has 0 fully saturated rings. The fourth-order valence-electron chi connectivity index (χ4n) is 2.33. The van der Waals surface area contributed by atoms with Gasteiger partial charge in [0.1, 0.15) is 16.5 Å². The van der Waals surface area contributed by atoms with Gasteiger partial charge in [0.2, 0.25) is 0 Å². The van der Waals surface area contributed by atoms with Gasteiger partial charge >= 0.3 is 0 Å². The highest BCUT2D eigenvalue weighted by molar-refractivity contribution is 14.1. The molecule has 1 aromatic heterocycles. The molecule has 0 amide bonds. The number of hydrogen-bond acceptors (Lipinski definition) is 6. The third-order valence-corrected chi connectivity index (χ3v) is 4.61. The number of phenolic OH excluding ortho intramolecular Hbond substituents is 1. The summed E-state index contributed by atoms with van der Waals surface area (Å²) in [4.78, 5) is 15.7. The van der Waals surface area contributed by atoms with E-state index in [0.717, 1.165) is 9.13 Å². The number of aromatic hydroxyl groups is 1. The fraction of sp³-hybridized carbons (Fsp3) is 0.167. The molecule has 0 saturated carbocycles. The van der Waals surface area contributed by atoms with Crippen LogP contribution in [0.4, 0.5) is 0 Å². The lowest BCUT2D eigenvalue weighted by Gasteiger charge is -2.09. The van der Waals surface area contributed by atoms with Crippen LogP contribution >= 0.6 is 34.2 Å². The van der Waals surface area contributed by atoms with E-state index in [0.29, 0.717) is 12.2 Å². The van der Waals surface area contributed by atoms with E-state index in [2.05, 4.69) is 32.7 Å². The summed E-state index contributed by atoms with van der Waals surface area (Å²) in [6.45, 7) is 1.34. The zero-order valence-electron chi connectivity index (χ0n) is 13.7. The Morgan fingerprint density at radius 2 is 2.15 bits per heavy atom. The summed E-state index contributed by atoms with van der Waals surface area (Å²) in [5.41, 5.74) is 1.22. The van der Waals surface area contributed by atoms with Crippen molar-refractivity contribution in [2.75, 3.05) is 0 Å². The highest BCUT2D eigenvalue weighted by Gasteiger charge is 2.16. The van der Waals surface area contributed by atoms with Gasteiger partial charge in [-0.05, 0) is 59.3 Å². The predicted octanol–water partition coefficient (Wildman–Crippen LogP) is 4.41. The van der Waals surface area contributed by atoms with Crippen LogP contribution in [0.25, 0.3) is 0 Å². The molecule has 0 aliphatic carbocycles. The van der Waals surface area contributed by atoms with Crippen molar-refractivity contribution in [1.82, 2.24) is 10.1 Å². The zero-order valence-corrected chi connectivity index (χ0v) is 16.6. The van der Waals surface area contributed by atoms with E-state index in [4.69, 9.17) is 20.9 Å². The van der Waals surface area contributed by atoms with Gasteiger partial charge in [-0.15, -0.1) is 0 Å². The van der Waals surface area contributed by atoms with Crippen LogP contribution in [0.15, 0.2) is 40.9 Å². The highest BCUT2D eigenvalue weighted by atomic mass is 127. The average molecular weight is 485 g/mol. The molecule has 1 heterocycles. The molecule has 26 heavy (non-hydrogen) atoms. The topological polar surface area (TPSA) is 85.5 Å². The number of hydrogen-bond donors (Lipinski definition) is 1. The van der Waals surface area contributed by atoms with Crippen LogP contribution in [0.3, 0.4) is 0 Å². The van der Waals surface area contributed by atoms with Crippen molar-refractivity contribution in [3.63, 3.8) is 0 Å². The van der Waals surface area contributed by atoms with Gasteiger partial charge in [0, 0.05) is 9.99 Å². The van der Waals surface area contributed by atoms with E-state index < -0.39 is 0 Å². The molecule has 8 heteroatoms. The van der Waals surface area contributed by atoms with Crippen molar-refractivity contribution in [3.05, 3.63) is 67.8 Å². The van der Waals surface area contributed by atoms with Crippen molar-refractivity contribution >= 4 is 40.0 Å². The van der Waals surface area contributed by atoms with Crippen molar-refractivity contribution in [2.45, 2.75) is 20.0 Å². The molecule has 0 aliphatic heterocycles. The summed E-state index contributed by atoms with van der Waals surface area (Å²) in [6, 6.07) is 11.0. The van der Waals surface area contributed by atoms with Gasteiger partial charge in [0.05, 0.1) is 5.56 Å². The summed E-state index contributed by atoms with van der Waals surface area (Å²) in [5.74, 6) is 0.476. The van der Waals surface area contributed by atoms with Gasteiger partial charge in [-0.3, -0.25) is 4.79 Å². The molecular formula is C18H14ClIN2O4. The monoisotopic (exact) mass is 484 g/mol. The standard InChI is InChI=1S/C18H14ClIN2O4/c1-10(23)13-5-6-14(17(19)18(13)24)25-9-16-21-15(22-26-16)8-11-3-2-4-12(20)7-11/h2-7,24H,8-9H2,1H3. The quantitative estimate of drug-likeness (QED) is 0.412. The molecule has 134 valence electrons. The van der Waals surface area contributed by atoms with Crippen LogP contribution in [0.5, 0.6) is 11.5 Å². The molecule has 0 radical (unpaired) electrons. The summed E-state index contributed by atoms with van der Waals surface area (Å²) < 4.78 is 11.8. The minimum Gasteiger partial charge on any atom is -0.505 e. The summed E-state index contributed by atoms with van der Waals surface area (Å²) in [5, 5.41) is 13.9. The number of benzene rings is 2. The first-order valence-corrected chi connectivity index (χ1v) is 9.11.